The predicted octanol–water partition coefficient (Wildman–Crippen LogP) is 2.57. The summed E-state index contributed by atoms with van der Waals surface area (Å²) in [7, 11) is 0. The van der Waals surface area contributed by atoms with Gasteiger partial charge in [0.05, 0.1) is 28.5 Å². The topological polar surface area (TPSA) is 103 Å². The van der Waals surface area contributed by atoms with E-state index in [0.717, 1.165) is 4.90 Å². The van der Waals surface area contributed by atoms with E-state index in [1.54, 1.807) is 0 Å². The summed E-state index contributed by atoms with van der Waals surface area (Å²) in [6, 6.07) is 12.2. The molecule has 1 heterocycles. The molecule has 0 radical (unpaired) electrons. The van der Waals surface area contributed by atoms with Gasteiger partial charge in [0, 0.05) is 4.90 Å². The van der Waals surface area contributed by atoms with Crippen LogP contribution in [0.1, 0.15) is 5.56 Å². The molecule has 0 aromatic heterocycles. The van der Waals surface area contributed by atoms with Crippen molar-refractivity contribution in [1.29, 1.82) is 0 Å². The number of hydrazone groups is 1. The highest BCUT2D eigenvalue weighted by atomic mass is 32.2. The van der Waals surface area contributed by atoms with Gasteiger partial charge in [-0.05, 0) is 18.2 Å². The van der Waals surface area contributed by atoms with Crippen molar-refractivity contribution < 1.29 is 19.2 Å². The Labute approximate surface area is 147 Å². The Morgan fingerprint density at radius 3 is 2.72 bits per heavy atom. The highest BCUT2D eigenvalue weighted by Gasteiger charge is 2.22. The van der Waals surface area contributed by atoms with Crippen molar-refractivity contribution in [3.8, 4) is 11.5 Å². The van der Waals surface area contributed by atoms with E-state index in [1.807, 2.05) is 30.3 Å². The Kier molecular flexibility index (Phi) is 5.14. The van der Waals surface area contributed by atoms with Crippen LogP contribution in [0.2, 0.25) is 0 Å². The van der Waals surface area contributed by atoms with Gasteiger partial charge in [-0.15, -0.1) is 11.8 Å². The van der Waals surface area contributed by atoms with Gasteiger partial charge in [-0.3, -0.25) is 14.9 Å². The summed E-state index contributed by atoms with van der Waals surface area (Å²) in [5, 5.41) is 14.9. The van der Waals surface area contributed by atoms with Crippen molar-refractivity contribution in [2.45, 2.75) is 4.90 Å². The lowest BCUT2D eigenvalue weighted by Gasteiger charge is -2.02. The largest absolute Gasteiger partial charge is 0.454 e. The molecule has 1 aliphatic heterocycles. The number of nitro benzene ring substituents is 1. The second-order valence-corrected chi connectivity index (χ2v) is 5.97. The van der Waals surface area contributed by atoms with Crippen LogP contribution in [-0.2, 0) is 4.79 Å². The molecule has 25 heavy (non-hydrogen) atoms. The number of rotatable bonds is 6. The molecule has 0 unspecified atom stereocenters. The highest BCUT2D eigenvalue weighted by Crippen LogP contribution is 2.37. The maximum atomic E-state index is 11.8. The lowest BCUT2D eigenvalue weighted by molar-refractivity contribution is -0.385. The number of amides is 1. The van der Waals surface area contributed by atoms with Crippen LogP contribution in [0, 0.1) is 10.1 Å². The fraction of sp³-hybridized carbons (Fsp3) is 0.125. The molecule has 1 N–H and O–H groups in total. The second-order valence-electron chi connectivity index (χ2n) is 4.92. The molecule has 1 amide bonds. The van der Waals surface area contributed by atoms with Gasteiger partial charge in [0.1, 0.15) is 0 Å². The van der Waals surface area contributed by atoms with E-state index in [9.17, 15) is 14.9 Å². The molecule has 9 heteroatoms. The van der Waals surface area contributed by atoms with E-state index in [0.29, 0.717) is 11.5 Å². The number of hydrogen-bond acceptors (Lipinski definition) is 7. The van der Waals surface area contributed by atoms with Gasteiger partial charge >= 0.3 is 0 Å². The first kappa shape index (κ1) is 16.8. The SMILES string of the molecule is O=C(CSc1ccccc1)N/N=C/c1cc2c(cc1[N+](=O)[O-])OCO2. The lowest BCUT2D eigenvalue weighted by atomic mass is 10.1. The number of benzene rings is 2. The van der Waals surface area contributed by atoms with Crippen LogP contribution in [0.25, 0.3) is 0 Å². The lowest BCUT2D eigenvalue weighted by Crippen LogP contribution is -2.19. The fourth-order valence-corrected chi connectivity index (χ4v) is 2.79. The van der Waals surface area contributed by atoms with E-state index in [-0.39, 0.29) is 29.7 Å². The number of ether oxygens (including phenoxy) is 2. The van der Waals surface area contributed by atoms with Crippen molar-refractivity contribution in [2.24, 2.45) is 5.10 Å². The van der Waals surface area contributed by atoms with Crippen LogP contribution in [0.3, 0.4) is 0 Å². The third-order valence-corrected chi connectivity index (χ3v) is 4.24. The number of carbonyl (C=O) groups excluding carboxylic acids is 1. The molecule has 128 valence electrons. The Bertz CT molecular complexity index is 826. The predicted molar refractivity (Wildman–Crippen MR) is 92.1 cm³/mol. The summed E-state index contributed by atoms with van der Waals surface area (Å²) in [4.78, 5) is 23.3. The molecule has 8 nitrogen and oxygen atoms in total. The van der Waals surface area contributed by atoms with Gasteiger partial charge in [-0.1, -0.05) is 18.2 Å². The van der Waals surface area contributed by atoms with Crippen LogP contribution < -0.4 is 14.9 Å². The average Bonchev–Trinajstić information content (AvgIpc) is 3.07. The molecule has 0 bridgehead atoms. The van der Waals surface area contributed by atoms with Gasteiger partial charge in [0.2, 0.25) is 12.7 Å². The molecular formula is C16H13N3O5S. The summed E-state index contributed by atoms with van der Waals surface area (Å²) in [5.41, 5.74) is 2.38. The minimum Gasteiger partial charge on any atom is -0.454 e. The first-order chi connectivity index (χ1) is 12.1. The monoisotopic (exact) mass is 359 g/mol. The van der Waals surface area contributed by atoms with E-state index in [4.69, 9.17) is 9.47 Å². The fourth-order valence-electron chi connectivity index (χ4n) is 2.08. The number of hydrogen-bond donors (Lipinski definition) is 1. The zero-order chi connectivity index (χ0) is 17.6. The minimum atomic E-state index is -0.545. The standard InChI is InChI=1S/C16H13N3O5S/c20-16(9-25-12-4-2-1-3-5-12)18-17-8-11-6-14-15(24-10-23-14)7-13(11)19(21)22/h1-8H,9-10H2,(H,18,20)/b17-8+. The van der Waals surface area contributed by atoms with E-state index >= 15 is 0 Å². The number of nitro groups is 1. The zero-order valence-corrected chi connectivity index (χ0v) is 13.7. The maximum absolute atomic E-state index is 11.8. The third-order valence-electron chi connectivity index (χ3n) is 3.22. The number of thioether (sulfide) groups is 1. The maximum Gasteiger partial charge on any atom is 0.282 e. The Morgan fingerprint density at radius 2 is 2.00 bits per heavy atom. The normalized spacial score (nSPS) is 12.3. The average molecular weight is 359 g/mol. The molecule has 0 fully saturated rings. The molecule has 0 saturated carbocycles. The van der Waals surface area contributed by atoms with E-state index < -0.39 is 4.92 Å². The van der Waals surface area contributed by atoms with Crippen molar-refractivity contribution in [3.05, 3.63) is 58.1 Å². The molecule has 0 spiro atoms. The molecule has 0 aliphatic carbocycles. The Hall–Kier alpha value is -3.07. The van der Waals surface area contributed by atoms with Crippen LogP contribution in [0.4, 0.5) is 5.69 Å². The van der Waals surface area contributed by atoms with E-state index in [2.05, 4.69) is 10.5 Å². The third kappa shape index (κ3) is 4.27. The summed E-state index contributed by atoms with van der Waals surface area (Å²) >= 11 is 1.37. The van der Waals surface area contributed by atoms with Crippen LogP contribution in [0.15, 0.2) is 52.5 Å². The van der Waals surface area contributed by atoms with E-state index in [1.165, 1.54) is 30.1 Å². The summed E-state index contributed by atoms with van der Waals surface area (Å²) in [6.45, 7) is 0.0144. The Morgan fingerprint density at radius 1 is 1.28 bits per heavy atom. The molecule has 1 aliphatic rings. The van der Waals surface area contributed by atoms with Gasteiger partial charge in [0.15, 0.2) is 11.5 Å². The van der Waals surface area contributed by atoms with Crippen molar-refractivity contribution in [3.63, 3.8) is 0 Å². The number of nitrogens with zero attached hydrogens (tertiary/aromatic N) is 2. The van der Waals surface area contributed by atoms with Crippen molar-refractivity contribution in [1.82, 2.24) is 5.43 Å². The van der Waals surface area contributed by atoms with Crippen molar-refractivity contribution in [2.75, 3.05) is 12.5 Å². The number of nitrogens with one attached hydrogen (secondary N) is 1. The van der Waals surface area contributed by atoms with Crippen molar-refractivity contribution >= 4 is 29.6 Å². The van der Waals surface area contributed by atoms with Crippen LogP contribution >= 0.6 is 11.8 Å². The number of fused-ring (bicyclic) bond motifs is 1. The highest BCUT2D eigenvalue weighted by molar-refractivity contribution is 8.00. The van der Waals surface area contributed by atoms with Crippen LogP contribution in [0.5, 0.6) is 11.5 Å². The number of carbonyl (C=O) groups is 1. The summed E-state index contributed by atoms with van der Waals surface area (Å²) in [5.74, 6) is 0.587. The summed E-state index contributed by atoms with van der Waals surface area (Å²) < 4.78 is 10.3. The quantitative estimate of drug-likeness (QED) is 0.368. The molecular weight excluding hydrogens is 346 g/mol. The Balaban J connectivity index is 1.62. The van der Waals surface area contributed by atoms with Gasteiger partial charge in [0.25, 0.3) is 5.69 Å². The van der Waals surface area contributed by atoms with Gasteiger partial charge in [-0.2, -0.15) is 5.10 Å². The summed E-state index contributed by atoms with van der Waals surface area (Å²) in [6.07, 6.45) is 1.21. The smallest absolute Gasteiger partial charge is 0.282 e. The zero-order valence-electron chi connectivity index (χ0n) is 12.9. The molecule has 2 aromatic rings. The second kappa shape index (κ2) is 7.67. The molecule has 3 rings (SSSR count). The molecule has 2 aromatic carbocycles. The van der Waals surface area contributed by atoms with Gasteiger partial charge < -0.3 is 9.47 Å². The van der Waals surface area contributed by atoms with Crippen LogP contribution in [-0.4, -0.2) is 29.6 Å². The molecule has 0 atom stereocenters. The first-order valence-electron chi connectivity index (χ1n) is 7.21. The van der Waals surface area contributed by atoms with Gasteiger partial charge in [-0.25, -0.2) is 5.43 Å². The minimum absolute atomic E-state index is 0.0144. The first-order valence-corrected chi connectivity index (χ1v) is 8.20. The molecule has 0 saturated heterocycles.